The Morgan fingerprint density at radius 1 is 1.35 bits per heavy atom. The number of anilines is 1. The third-order valence-electron chi connectivity index (χ3n) is 5.58. The first-order valence-electron chi connectivity index (χ1n) is 10.0. The summed E-state index contributed by atoms with van der Waals surface area (Å²) in [6, 6.07) is 1.25. The van der Waals surface area contributed by atoms with Gasteiger partial charge in [-0.1, -0.05) is 19.9 Å². The molecule has 10 heteroatoms. The number of nitrogens with zero attached hydrogens (tertiary/aromatic N) is 2. The van der Waals surface area contributed by atoms with Gasteiger partial charge in [0, 0.05) is 41.9 Å². The first-order valence-corrected chi connectivity index (χ1v) is 10.0. The van der Waals surface area contributed by atoms with Gasteiger partial charge in [0.05, 0.1) is 6.42 Å². The fourth-order valence-corrected chi connectivity index (χ4v) is 3.78. The Labute approximate surface area is 178 Å². The second kappa shape index (κ2) is 8.32. The number of hydrogen-bond donors (Lipinski definition) is 2. The Balaban J connectivity index is 1.77. The van der Waals surface area contributed by atoms with Gasteiger partial charge >= 0.3 is 6.18 Å². The number of amides is 2. The zero-order valence-electron chi connectivity index (χ0n) is 17.5. The quantitative estimate of drug-likeness (QED) is 0.738. The number of nitrogens with one attached hydrogen (secondary N) is 2. The number of halogens is 3. The van der Waals surface area contributed by atoms with Crippen molar-refractivity contribution in [2.24, 2.45) is 5.41 Å². The first-order chi connectivity index (χ1) is 14.4. The molecule has 2 atom stereocenters. The lowest BCUT2D eigenvalue weighted by molar-refractivity contribution is -0.144. The van der Waals surface area contributed by atoms with E-state index in [2.05, 4.69) is 15.6 Å². The van der Waals surface area contributed by atoms with Gasteiger partial charge in [-0.3, -0.25) is 14.4 Å². The maximum absolute atomic E-state index is 13.0. The topological polar surface area (TPSA) is 91.4 Å². The van der Waals surface area contributed by atoms with Gasteiger partial charge in [0.2, 0.25) is 11.8 Å². The fraction of sp³-hybridized carbons (Fsp3) is 0.524. The number of pyridine rings is 1. The van der Waals surface area contributed by atoms with Crippen molar-refractivity contribution in [1.82, 2.24) is 15.6 Å². The average Bonchev–Trinajstić information content (AvgIpc) is 2.91. The van der Waals surface area contributed by atoms with E-state index in [4.69, 9.17) is 0 Å². The highest BCUT2D eigenvalue weighted by Gasteiger charge is 2.41. The van der Waals surface area contributed by atoms with Gasteiger partial charge in [0.1, 0.15) is 17.9 Å². The van der Waals surface area contributed by atoms with Crippen molar-refractivity contribution in [1.29, 1.82) is 0 Å². The largest absolute Gasteiger partial charge is 0.389 e. The molecule has 0 bridgehead atoms. The SMILES string of the molecule is C[C@H](NC(=O)CCC(F)(F)F)C(=O)NC1C(=O)C=C2N(CCC2(C)C)c2ncccc21. The highest BCUT2D eigenvalue weighted by Crippen LogP contribution is 2.45. The number of allylic oxidation sites excluding steroid dienone is 1. The Bertz CT molecular complexity index is 927. The minimum absolute atomic E-state index is 0.233. The fourth-order valence-electron chi connectivity index (χ4n) is 3.78. The summed E-state index contributed by atoms with van der Waals surface area (Å²) < 4.78 is 36.8. The van der Waals surface area contributed by atoms with Crippen molar-refractivity contribution in [3.05, 3.63) is 35.7 Å². The minimum Gasteiger partial charge on any atom is -0.345 e. The van der Waals surface area contributed by atoms with Crippen LogP contribution in [0.1, 0.15) is 51.6 Å². The Morgan fingerprint density at radius 3 is 2.74 bits per heavy atom. The molecule has 0 spiro atoms. The van der Waals surface area contributed by atoms with E-state index in [1.807, 2.05) is 18.7 Å². The molecular formula is C21H25F3N4O3. The Morgan fingerprint density at radius 2 is 2.06 bits per heavy atom. The number of aromatic nitrogens is 1. The molecule has 1 aromatic rings. The van der Waals surface area contributed by atoms with Gasteiger partial charge in [-0.15, -0.1) is 0 Å². The van der Waals surface area contributed by atoms with Gasteiger partial charge in [-0.25, -0.2) is 4.98 Å². The molecule has 1 saturated heterocycles. The van der Waals surface area contributed by atoms with E-state index in [1.165, 1.54) is 13.0 Å². The maximum atomic E-state index is 13.0. The molecule has 2 aliphatic rings. The monoisotopic (exact) mass is 438 g/mol. The maximum Gasteiger partial charge on any atom is 0.389 e. The molecule has 0 saturated carbocycles. The number of alkyl halides is 3. The predicted molar refractivity (Wildman–Crippen MR) is 107 cm³/mol. The smallest absolute Gasteiger partial charge is 0.345 e. The number of ketones is 1. The molecule has 7 nitrogen and oxygen atoms in total. The number of rotatable bonds is 5. The van der Waals surface area contributed by atoms with Crippen molar-refractivity contribution in [3.63, 3.8) is 0 Å². The Hall–Kier alpha value is -2.91. The van der Waals surface area contributed by atoms with Crippen LogP contribution in [-0.4, -0.2) is 41.3 Å². The summed E-state index contributed by atoms with van der Waals surface area (Å²) >= 11 is 0. The second-order valence-electron chi connectivity index (χ2n) is 8.48. The highest BCUT2D eigenvalue weighted by molar-refractivity contribution is 6.01. The van der Waals surface area contributed by atoms with Crippen LogP contribution in [0, 0.1) is 5.41 Å². The first kappa shape index (κ1) is 22.8. The van der Waals surface area contributed by atoms with Crippen molar-refractivity contribution in [3.8, 4) is 0 Å². The van der Waals surface area contributed by atoms with E-state index < -0.39 is 42.9 Å². The standard InChI is InChI=1S/C21H25F3N4O3/c1-12(26-16(30)6-7-21(22,23)24)19(31)27-17-13-5-4-9-25-18(13)28-10-8-20(2,3)15(28)11-14(17)29/h4-5,9,11-12,17H,6-8,10H2,1-3H3,(H,26,30)(H,27,31)/t12-,17?/m0/s1. The third kappa shape index (κ3) is 5.05. The summed E-state index contributed by atoms with van der Waals surface area (Å²) in [6.07, 6.45) is -2.52. The zero-order valence-corrected chi connectivity index (χ0v) is 17.5. The van der Waals surface area contributed by atoms with Crippen LogP contribution in [-0.2, 0) is 14.4 Å². The summed E-state index contributed by atoms with van der Waals surface area (Å²) in [4.78, 5) is 43.8. The number of hydrogen-bond acceptors (Lipinski definition) is 5. The molecule has 2 amide bonds. The van der Waals surface area contributed by atoms with Gasteiger partial charge in [-0.05, 0) is 19.4 Å². The normalized spacial score (nSPS) is 20.8. The zero-order chi connectivity index (χ0) is 23.0. The van der Waals surface area contributed by atoms with E-state index in [1.54, 1.807) is 18.3 Å². The molecule has 2 N–H and O–H groups in total. The molecule has 3 heterocycles. The van der Waals surface area contributed by atoms with Crippen molar-refractivity contribution in [2.45, 2.75) is 58.3 Å². The lowest BCUT2D eigenvalue weighted by atomic mass is 9.88. The van der Waals surface area contributed by atoms with Crippen LogP contribution in [0.2, 0.25) is 0 Å². The van der Waals surface area contributed by atoms with Crippen LogP contribution in [0.3, 0.4) is 0 Å². The van der Waals surface area contributed by atoms with Crippen LogP contribution in [0.15, 0.2) is 30.1 Å². The number of carbonyl (C=O) groups excluding carboxylic acids is 3. The van der Waals surface area contributed by atoms with Crippen molar-refractivity contribution >= 4 is 23.4 Å². The predicted octanol–water partition coefficient (Wildman–Crippen LogP) is 2.79. The van der Waals surface area contributed by atoms with E-state index >= 15 is 0 Å². The molecule has 1 fully saturated rings. The Kier molecular flexibility index (Phi) is 6.11. The lowest BCUT2D eigenvalue weighted by Gasteiger charge is -2.25. The van der Waals surface area contributed by atoms with Crippen LogP contribution in [0.5, 0.6) is 0 Å². The third-order valence-corrected chi connectivity index (χ3v) is 5.58. The second-order valence-corrected chi connectivity index (χ2v) is 8.48. The molecule has 0 radical (unpaired) electrons. The van der Waals surface area contributed by atoms with E-state index in [-0.39, 0.29) is 11.2 Å². The molecular weight excluding hydrogens is 413 g/mol. The van der Waals surface area contributed by atoms with Crippen LogP contribution in [0.4, 0.5) is 19.0 Å². The van der Waals surface area contributed by atoms with Gasteiger partial charge < -0.3 is 15.5 Å². The number of fused-ring (bicyclic) bond motifs is 3. The van der Waals surface area contributed by atoms with Crippen LogP contribution >= 0.6 is 0 Å². The molecule has 1 aromatic heterocycles. The summed E-state index contributed by atoms with van der Waals surface area (Å²) in [5, 5.41) is 4.87. The molecule has 31 heavy (non-hydrogen) atoms. The average molecular weight is 438 g/mol. The molecule has 3 rings (SSSR count). The van der Waals surface area contributed by atoms with E-state index in [9.17, 15) is 27.6 Å². The summed E-state index contributed by atoms with van der Waals surface area (Å²) in [6.45, 7) is 6.10. The molecule has 0 aliphatic carbocycles. The van der Waals surface area contributed by atoms with E-state index in [0.717, 1.165) is 12.1 Å². The van der Waals surface area contributed by atoms with Gasteiger partial charge in [0.25, 0.3) is 0 Å². The molecule has 0 aromatic carbocycles. The van der Waals surface area contributed by atoms with Crippen LogP contribution in [0.25, 0.3) is 0 Å². The van der Waals surface area contributed by atoms with Gasteiger partial charge in [-0.2, -0.15) is 13.2 Å². The number of carbonyl (C=O) groups is 3. The molecule has 1 unspecified atom stereocenters. The van der Waals surface area contributed by atoms with Crippen molar-refractivity contribution < 1.29 is 27.6 Å². The highest BCUT2D eigenvalue weighted by atomic mass is 19.4. The lowest BCUT2D eigenvalue weighted by Crippen LogP contribution is -2.47. The summed E-state index contributed by atoms with van der Waals surface area (Å²) in [5.41, 5.74) is 1.12. The molecule has 2 aliphatic heterocycles. The molecule has 168 valence electrons. The van der Waals surface area contributed by atoms with E-state index in [0.29, 0.717) is 17.9 Å². The van der Waals surface area contributed by atoms with Crippen molar-refractivity contribution in [2.75, 3.05) is 11.4 Å². The van der Waals surface area contributed by atoms with Gasteiger partial charge in [0.15, 0.2) is 5.78 Å². The summed E-state index contributed by atoms with van der Waals surface area (Å²) in [7, 11) is 0. The van der Waals surface area contributed by atoms with Crippen LogP contribution < -0.4 is 15.5 Å². The minimum atomic E-state index is -4.46. The summed E-state index contributed by atoms with van der Waals surface area (Å²) in [5.74, 6) is -1.31.